The molecule has 3 nitrogen and oxygen atoms in total. The molecule has 1 aliphatic rings. The first kappa shape index (κ1) is 17.4. The lowest BCUT2D eigenvalue weighted by molar-refractivity contribution is -0.118. The Bertz CT molecular complexity index is 667. The van der Waals surface area contributed by atoms with Crippen LogP contribution in [0.3, 0.4) is 0 Å². The van der Waals surface area contributed by atoms with Crippen LogP contribution < -0.4 is 0 Å². The van der Waals surface area contributed by atoms with Gasteiger partial charge in [-0.25, -0.2) is 0 Å². The summed E-state index contributed by atoms with van der Waals surface area (Å²) in [6.45, 7) is 6.19. The molecule has 1 fully saturated rings. The summed E-state index contributed by atoms with van der Waals surface area (Å²) in [6, 6.07) is 14.2. The summed E-state index contributed by atoms with van der Waals surface area (Å²) in [4.78, 5) is 23.8. The number of carbonyl (C=O) groups excluding carboxylic acids is 2. The quantitative estimate of drug-likeness (QED) is 0.865. The Morgan fingerprint density at radius 3 is 2.22 bits per heavy atom. The van der Waals surface area contributed by atoms with E-state index in [2.05, 4.69) is 23.1 Å². The molecule has 2 aromatic carbocycles. The van der Waals surface area contributed by atoms with Crippen LogP contribution in [-0.4, -0.2) is 36.1 Å². The predicted octanol–water partition coefficient (Wildman–Crippen LogP) is 3.64. The van der Waals surface area contributed by atoms with E-state index in [-0.39, 0.29) is 11.6 Å². The Balaban J connectivity index is 0.000000185. The van der Waals surface area contributed by atoms with Gasteiger partial charge in [0.15, 0.2) is 0 Å². The van der Waals surface area contributed by atoms with Gasteiger partial charge in [-0.1, -0.05) is 42.5 Å². The Morgan fingerprint density at radius 2 is 1.57 bits per heavy atom. The first-order valence-corrected chi connectivity index (χ1v) is 8.24. The summed E-state index contributed by atoms with van der Waals surface area (Å²) in [5.41, 5.74) is 1.12. The van der Waals surface area contributed by atoms with Crippen molar-refractivity contribution in [1.82, 2.24) is 4.90 Å². The van der Waals surface area contributed by atoms with Gasteiger partial charge in [-0.15, -0.1) is 0 Å². The van der Waals surface area contributed by atoms with Crippen molar-refractivity contribution in [1.29, 1.82) is 0 Å². The molecule has 0 radical (unpaired) electrons. The van der Waals surface area contributed by atoms with Gasteiger partial charge in [-0.3, -0.25) is 14.5 Å². The van der Waals surface area contributed by atoms with Crippen molar-refractivity contribution in [2.45, 2.75) is 33.1 Å². The van der Waals surface area contributed by atoms with Crippen molar-refractivity contribution in [3.8, 4) is 0 Å². The first-order valence-electron chi connectivity index (χ1n) is 8.24. The molecule has 2 aromatic rings. The Labute approximate surface area is 138 Å². The predicted molar refractivity (Wildman–Crippen MR) is 94.7 cm³/mol. The van der Waals surface area contributed by atoms with Crippen LogP contribution in [0.25, 0.3) is 10.8 Å². The molecule has 0 bridgehead atoms. The van der Waals surface area contributed by atoms with E-state index < -0.39 is 0 Å². The van der Waals surface area contributed by atoms with Crippen LogP contribution in [0.1, 0.15) is 32.3 Å². The zero-order chi connectivity index (χ0) is 16.7. The van der Waals surface area contributed by atoms with Gasteiger partial charge in [0.2, 0.25) is 0 Å². The van der Waals surface area contributed by atoms with Crippen LogP contribution in [-0.2, 0) is 16.0 Å². The molecular formula is C20H25NO2. The summed E-state index contributed by atoms with van der Waals surface area (Å²) in [5, 5.41) is 2.39. The van der Waals surface area contributed by atoms with Gasteiger partial charge in [-0.05, 0) is 56.1 Å². The average Bonchev–Trinajstić information content (AvgIpc) is 3.00. The lowest BCUT2D eigenvalue weighted by atomic mass is 10.0. The number of carbonyl (C=O) groups is 2. The summed E-state index contributed by atoms with van der Waals surface area (Å²) in [7, 11) is 0. The lowest BCUT2D eigenvalue weighted by Crippen LogP contribution is -2.24. The molecular weight excluding hydrogens is 286 g/mol. The molecule has 0 saturated carbocycles. The minimum absolute atomic E-state index is 0.210. The molecule has 3 rings (SSSR count). The first-order chi connectivity index (χ1) is 11.1. The summed E-state index contributed by atoms with van der Waals surface area (Å²) >= 11 is 0. The van der Waals surface area contributed by atoms with Crippen LogP contribution in [0.4, 0.5) is 0 Å². The SMILES string of the molecule is CC(=O)CN1CCCC1.CC(=O)Cc1cccc2ccccc12. The number of rotatable bonds is 4. The number of hydrogen-bond donors (Lipinski definition) is 0. The van der Waals surface area contributed by atoms with Crippen LogP contribution >= 0.6 is 0 Å². The Kier molecular flexibility index (Phi) is 6.48. The third-order valence-electron chi connectivity index (χ3n) is 3.96. The average molecular weight is 311 g/mol. The maximum Gasteiger partial charge on any atom is 0.143 e. The third kappa shape index (κ3) is 5.61. The fraction of sp³-hybridized carbons (Fsp3) is 0.400. The number of nitrogens with zero attached hydrogens (tertiary/aromatic N) is 1. The number of Topliss-reactive ketones (excluding diaryl/α,β-unsaturated/α-hetero) is 2. The van der Waals surface area contributed by atoms with E-state index in [1.807, 2.05) is 24.3 Å². The Hall–Kier alpha value is -2.00. The summed E-state index contributed by atoms with van der Waals surface area (Å²) in [6.07, 6.45) is 3.07. The highest BCUT2D eigenvalue weighted by molar-refractivity contribution is 5.90. The highest BCUT2D eigenvalue weighted by Crippen LogP contribution is 2.18. The standard InChI is InChI=1S/C13H12O.C7H13NO/c1-10(14)9-12-7-4-6-11-5-2-3-8-13(11)12;1-7(9)6-8-4-2-3-5-8/h2-8H,9H2,1H3;2-6H2,1H3. The van der Waals surface area contributed by atoms with Gasteiger partial charge in [0.1, 0.15) is 11.6 Å². The topological polar surface area (TPSA) is 37.4 Å². The highest BCUT2D eigenvalue weighted by atomic mass is 16.1. The van der Waals surface area contributed by atoms with Crippen molar-refractivity contribution in [3.63, 3.8) is 0 Å². The van der Waals surface area contributed by atoms with Crippen molar-refractivity contribution in [3.05, 3.63) is 48.0 Å². The largest absolute Gasteiger partial charge is 0.300 e. The zero-order valence-electron chi connectivity index (χ0n) is 14.0. The number of hydrogen-bond acceptors (Lipinski definition) is 3. The smallest absolute Gasteiger partial charge is 0.143 e. The van der Waals surface area contributed by atoms with Gasteiger partial charge in [0, 0.05) is 6.42 Å². The molecule has 0 amide bonds. The molecule has 0 N–H and O–H groups in total. The van der Waals surface area contributed by atoms with E-state index in [9.17, 15) is 9.59 Å². The molecule has 1 heterocycles. The summed E-state index contributed by atoms with van der Waals surface area (Å²) < 4.78 is 0. The second-order valence-electron chi connectivity index (χ2n) is 6.20. The molecule has 0 unspecified atom stereocenters. The Morgan fingerprint density at radius 1 is 0.913 bits per heavy atom. The van der Waals surface area contributed by atoms with Crippen LogP contribution in [0, 0.1) is 0 Å². The monoisotopic (exact) mass is 311 g/mol. The molecule has 0 aromatic heterocycles. The van der Waals surface area contributed by atoms with E-state index in [4.69, 9.17) is 0 Å². The fourth-order valence-electron chi connectivity index (χ4n) is 2.97. The van der Waals surface area contributed by atoms with Gasteiger partial charge in [-0.2, -0.15) is 0 Å². The lowest BCUT2D eigenvalue weighted by Gasteiger charge is -2.10. The van der Waals surface area contributed by atoms with Crippen LogP contribution in [0.5, 0.6) is 0 Å². The van der Waals surface area contributed by atoms with E-state index in [0.29, 0.717) is 13.0 Å². The normalized spacial score (nSPS) is 14.3. The van der Waals surface area contributed by atoms with Gasteiger partial charge < -0.3 is 0 Å². The minimum Gasteiger partial charge on any atom is -0.300 e. The number of fused-ring (bicyclic) bond motifs is 1. The van der Waals surface area contributed by atoms with E-state index in [0.717, 1.165) is 18.7 Å². The molecule has 1 saturated heterocycles. The molecule has 122 valence electrons. The second kappa shape index (κ2) is 8.59. The number of likely N-dealkylation sites (tertiary alicyclic amines) is 1. The molecule has 0 atom stereocenters. The second-order valence-corrected chi connectivity index (χ2v) is 6.20. The summed E-state index contributed by atoms with van der Waals surface area (Å²) in [5.74, 6) is 0.498. The van der Waals surface area contributed by atoms with Crippen molar-refractivity contribution in [2.24, 2.45) is 0 Å². The highest BCUT2D eigenvalue weighted by Gasteiger charge is 2.11. The van der Waals surface area contributed by atoms with Crippen molar-refractivity contribution >= 4 is 22.3 Å². The zero-order valence-corrected chi connectivity index (χ0v) is 14.0. The molecule has 1 aliphatic heterocycles. The van der Waals surface area contributed by atoms with Crippen LogP contribution in [0.15, 0.2) is 42.5 Å². The van der Waals surface area contributed by atoms with Crippen molar-refractivity contribution in [2.75, 3.05) is 19.6 Å². The maximum absolute atomic E-state index is 11.1. The maximum atomic E-state index is 11.1. The van der Waals surface area contributed by atoms with E-state index >= 15 is 0 Å². The van der Waals surface area contributed by atoms with E-state index in [1.54, 1.807) is 13.8 Å². The van der Waals surface area contributed by atoms with Crippen molar-refractivity contribution < 1.29 is 9.59 Å². The molecule has 0 spiro atoms. The van der Waals surface area contributed by atoms with E-state index in [1.165, 1.54) is 23.6 Å². The molecule has 23 heavy (non-hydrogen) atoms. The molecule has 0 aliphatic carbocycles. The van der Waals surface area contributed by atoms with Crippen LogP contribution in [0.2, 0.25) is 0 Å². The van der Waals surface area contributed by atoms with Gasteiger partial charge >= 0.3 is 0 Å². The number of ketones is 2. The van der Waals surface area contributed by atoms with Gasteiger partial charge in [0.05, 0.1) is 6.54 Å². The molecule has 3 heteroatoms. The minimum atomic E-state index is 0.210. The van der Waals surface area contributed by atoms with Gasteiger partial charge in [0.25, 0.3) is 0 Å². The third-order valence-corrected chi connectivity index (χ3v) is 3.96. The fourth-order valence-corrected chi connectivity index (χ4v) is 2.97. The number of benzene rings is 2.